The Morgan fingerprint density at radius 2 is 2.06 bits per heavy atom. The zero-order valence-corrected chi connectivity index (χ0v) is 11.0. The Balaban J connectivity index is 2.12. The molecule has 6 heteroatoms. The third kappa shape index (κ3) is 3.03. The molecule has 2 aromatic heterocycles. The molecule has 0 saturated carbocycles. The number of furan rings is 1. The number of halogens is 2. The highest BCUT2D eigenvalue weighted by atomic mass is 35.5. The number of carbonyl (C=O) groups is 1. The summed E-state index contributed by atoms with van der Waals surface area (Å²) in [4.78, 5) is 15.7. The number of hydrogen-bond acceptors (Lipinski definition) is 3. The Hall–Kier alpha value is -1.52. The molecule has 2 heterocycles. The number of nitrogens with zero attached hydrogens (tertiary/aromatic N) is 1. The van der Waals surface area contributed by atoms with Gasteiger partial charge in [-0.2, -0.15) is 0 Å². The molecule has 0 unspecified atom stereocenters. The maximum absolute atomic E-state index is 12.0. The second-order valence-corrected chi connectivity index (χ2v) is 4.49. The molecule has 0 bridgehead atoms. The zero-order chi connectivity index (χ0) is 13.1. The number of aromatic nitrogens is 1. The highest BCUT2D eigenvalue weighted by Crippen LogP contribution is 2.17. The molecule has 0 aliphatic heterocycles. The van der Waals surface area contributed by atoms with Crippen LogP contribution in [0.1, 0.15) is 29.1 Å². The summed E-state index contributed by atoms with van der Waals surface area (Å²) in [6.45, 7) is 1.82. The summed E-state index contributed by atoms with van der Waals surface area (Å²) in [5.74, 6) is 0.389. The molecule has 18 heavy (non-hydrogen) atoms. The van der Waals surface area contributed by atoms with Crippen molar-refractivity contribution in [2.75, 3.05) is 0 Å². The van der Waals surface area contributed by atoms with E-state index >= 15 is 0 Å². The monoisotopic (exact) mass is 284 g/mol. The first kappa shape index (κ1) is 12.9. The van der Waals surface area contributed by atoms with Crippen molar-refractivity contribution in [2.24, 2.45) is 0 Å². The second-order valence-electron chi connectivity index (χ2n) is 3.71. The van der Waals surface area contributed by atoms with E-state index in [4.69, 9.17) is 27.6 Å². The summed E-state index contributed by atoms with van der Waals surface area (Å²) in [5.41, 5.74) is 0.360. The van der Waals surface area contributed by atoms with Gasteiger partial charge in [0.05, 0.1) is 12.3 Å². The molecule has 0 fully saturated rings. The number of rotatable bonds is 3. The zero-order valence-electron chi connectivity index (χ0n) is 9.48. The lowest BCUT2D eigenvalue weighted by Crippen LogP contribution is -2.26. The lowest BCUT2D eigenvalue weighted by molar-refractivity contribution is 0.0935. The van der Waals surface area contributed by atoms with Crippen LogP contribution in [0.5, 0.6) is 0 Å². The van der Waals surface area contributed by atoms with Gasteiger partial charge < -0.3 is 9.73 Å². The second kappa shape index (κ2) is 5.42. The maximum atomic E-state index is 12.0. The number of nitrogens with one attached hydrogen (secondary N) is 1. The van der Waals surface area contributed by atoms with Crippen LogP contribution in [0.2, 0.25) is 10.3 Å². The van der Waals surface area contributed by atoms with Gasteiger partial charge in [-0.15, -0.1) is 0 Å². The van der Waals surface area contributed by atoms with Crippen molar-refractivity contribution in [1.82, 2.24) is 10.3 Å². The van der Waals surface area contributed by atoms with Crippen LogP contribution in [0.4, 0.5) is 0 Å². The molecular weight excluding hydrogens is 275 g/mol. The van der Waals surface area contributed by atoms with Crippen molar-refractivity contribution in [3.8, 4) is 0 Å². The van der Waals surface area contributed by atoms with Gasteiger partial charge in [0.15, 0.2) is 0 Å². The Kier molecular flexibility index (Phi) is 3.89. The number of hydrogen-bond donors (Lipinski definition) is 1. The molecule has 94 valence electrons. The van der Waals surface area contributed by atoms with Crippen LogP contribution < -0.4 is 5.32 Å². The molecular formula is C12H10Cl2N2O2. The largest absolute Gasteiger partial charge is 0.467 e. The third-order valence-corrected chi connectivity index (χ3v) is 2.73. The highest BCUT2D eigenvalue weighted by Gasteiger charge is 2.14. The minimum Gasteiger partial charge on any atom is -0.467 e. The predicted molar refractivity (Wildman–Crippen MR) is 68.8 cm³/mol. The Morgan fingerprint density at radius 1 is 1.39 bits per heavy atom. The predicted octanol–water partition coefficient (Wildman–Crippen LogP) is 3.47. The van der Waals surface area contributed by atoms with Crippen molar-refractivity contribution in [1.29, 1.82) is 0 Å². The van der Waals surface area contributed by atoms with E-state index in [1.807, 2.05) is 6.92 Å². The minimum atomic E-state index is -0.287. The SMILES string of the molecule is C[C@H](NC(=O)c1cc(Cl)nc(Cl)c1)c1ccco1. The van der Waals surface area contributed by atoms with E-state index in [1.54, 1.807) is 18.4 Å². The number of pyridine rings is 1. The third-order valence-electron chi connectivity index (χ3n) is 2.34. The molecule has 1 amide bonds. The van der Waals surface area contributed by atoms with Gasteiger partial charge in [-0.05, 0) is 31.2 Å². The van der Waals surface area contributed by atoms with E-state index in [9.17, 15) is 4.79 Å². The fraction of sp³-hybridized carbons (Fsp3) is 0.167. The standard InChI is InChI=1S/C12H10Cl2N2O2/c1-7(9-3-2-4-18-9)15-12(17)8-5-10(13)16-11(14)6-8/h2-7H,1H3,(H,15,17)/t7-/m0/s1. The molecule has 0 saturated heterocycles. The fourth-order valence-corrected chi connectivity index (χ4v) is 1.95. The van der Waals surface area contributed by atoms with Crippen LogP contribution in [-0.4, -0.2) is 10.9 Å². The van der Waals surface area contributed by atoms with E-state index < -0.39 is 0 Å². The van der Waals surface area contributed by atoms with E-state index in [1.165, 1.54) is 12.1 Å². The van der Waals surface area contributed by atoms with Crippen molar-refractivity contribution in [3.05, 3.63) is 52.2 Å². The van der Waals surface area contributed by atoms with Crippen molar-refractivity contribution < 1.29 is 9.21 Å². The summed E-state index contributed by atoms with van der Waals surface area (Å²) in [6.07, 6.45) is 1.55. The Bertz CT molecular complexity index is 535. The van der Waals surface area contributed by atoms with E-state index in [2.05, 4.69) is 10.3 Å². The van der Waals surface area contributed by atoms with E-state index in [-0.39, 0.29) is 22.3 Å². The quantitative estimate of drug-likeness (QED) is 0.878. The van der Waals surface area contributed by atoms with Crippen LogP contribution in [0, 0.1) is 0 Å². The van der Waals surface area contributed by atoms with Crippen molar-refractivity contribution in [3.63, 3.8) is 0 Å². The average molecular weight is 285 g/mol. The van der Waals surface area contributed by atoms with Gasteiger partial charge in [0.25, 0.3) is 5.91 Å². The summed E-state index contributed by atoms with van der Waals surface area (Å²) in [6, 6.07) is 6.23. The van der Waals surface area contributed by atoms with Crippen LogP contribution in [0.3, 0.4) is 0 Å². The van der Waals surface area contributed by atoms with Crippen molar-refractivity contribution in [2.45, 2.75) is 13.0 Å². The lowest BCUT2D eigenvalue weighted by Gasteiger charge is -2.11. The first-order valence-electron chi connectivity index (χ1n) is 5.23. The molecule has 2 aromatic rings. The summed E-state index contributed by atoms with van der Waals surface area (Å²) in [7, 11) is 0. The normalized spacial score (nSPS) is 12.2. The van der Waals surface area contributed by atoms with Crippen molar-refractivity contribution >= 4 is 29.1 Å². The first-order chi connectivity index (χ1) is 8.56. The minimum absolute atomic E-state index is 0.179. The lowest BCUT2D eigenvalue weighted by atomic mass is 10.2. The fourth-order valence-electron chi connectivity index (χ4n) is 1.48. The molecule has 0 aromatic carbocycles. The van der Waals surface area contributed by atoms with Gasteiger partial charge in [-0.3, -0.25) is 4.79 Å². The summed E-state index contributed by atoms with van der Waals surface area (Å²) >= 11 is 11.5. The molecule has 0 radical (unpaired) electrons. The van der Waals surface area contributed by atoms with E-state index in [0.717, 1.165) is 0 Å². The molecule has 4 nitrogen and oxygen atoms in total. The van der Waals surface area contributed by atoms with Gasteiger partial charge in [-0.25, -0.2) is 4.98 Å². The molecule has 0 aliphatic rings. The maximum Gasteiger partial charge on any atom is 0.252 e. The molecule has 0 aliphatic carbocycles. The smallest absolute Gasteiger partial charge is 0.252 e. The Labute approximate surface area is 114 Å². The van der Waals surface area contributed by atoms with Gasteiger partial charge in [0.2, 0.25) is 0 Å². The number of amides is 1. The summed E-state index contributed by atoms with van der Waals surface area (Å²) < 4.78 is 5.20. The van der Waals surface area contributed by atoms with Gasteiger partial charge in [-0.1, -0.05) is 23.2 Å². The topological polar surface area (TPSA) is 55.1 Å². The van der Waals surface area contributed by atoms with Crippen LogP contribution in [0.15, 0.2) is 34.9 Å². The number of carbonyl (C=O) groups excluding carboxylic acids is 1. The van der Waals surface area contributed by atoms with Crippen LogP contribution >= 0.6 is 23.2 Å². The van der Waals surface area contributed by atoms with Crippen LogP contribution in [0.25, 0.3) is 0 Å². The molecule has 0 spiro atoms. The Morgan fingerprint density at radius 3 is 2.61 bits per heavy atom. The molecule has 2 rings (SSSR count). The van der Waals surface area contributed by atoms with Crippen LogP contribution in [-0.2, 0) is 0 Å². The van der Waals surface area contributed by atoms with E-state index in [0.29, 0.717) is 11.3 Å². The summed E-state index contributed by atoms with van der Waals surface area (Å²) in [5, 5.41) is 3.13. The molecule has 1 N–H and O–H groups in total. The molecule has 1 atom stereocenters. The van der Waals surface area contributed by atoms with Gasteiger partial charge >= 0.3 is 0 Å². The first-order valence-corrected chi connectivity index (χ1v) is 5.99. The van der Waals surface area contributed by atoms with Gasteiger partial charge in [0, 0.05) is 5.56 Å². The van der Waals surface area contributed by atoms with Gasteiger partial charge in [0.1, 0.15) is 16.1 Å². The highest BCUT2D eigenvalue weighted by molar-refractivity contribution is 6.33. The average Bonchev–Trinajstić information content (AvgIpc) is 2.80.